The number of hydrogen-bond donors (Lipinski definition) is 1. The fourth-order valence-electron chi connectivity index (χ4n) is 2.66. The van der Waals surface area contributed by atoms with Crippen LogP contribution in [0.5, 0.6) is 0 Å². The zero-order valence-electron chi connectivity index (χ0n) is 15.2. The van der Waals surface area contributed by atoms with Crippen LogP contribution in [-0.4, -0.2) is 16.1 Å². The van der Waals surface area contributed by atoms with E-state index in [2.05, 4.69) is 15.5 Å². The van der Waals surface area contributed by atoms with Crippen molar-refractivity contribution in [2.75, 3.05) is 5.32 Å². The van der Waals surface area contributed by atoms with Crippen molar-refractivity contribution in [1.82, 2.24) is 10.2 Å². The van der Waals surface area contributed by atoms with Gasteiger partial charge in [-0.05, 0) is 41.0 Å². The molecule has 0 saturated carbocycles. The number of thioether (sulfide) groups is 1. The Balaban J connectivity index is 1.35. The molecule has 4 aromatic rings. The van der Waals surface area contributed by atoms with Crippen LogP contribution in [0.25, 0.3) is 11.1 Å². The number of aromatic nitrogens is 2. The SMILES string of the molecule is O=C(Nc1nnc(SCc2ccc(F)cc2)s1)c1ccc(-c2ccccc2)cc1. The van der Waals surface area contributed by atoms with Crippen LogP contribution in [0.1, 0.15) is 15.9 Å². The number of rotatable bonds is 6. The quantitative estimate of drug-likeness (QED) is 0.312. The highest BCUT2D eigenvalue weighted by Gasteiger charge is 2.11. The molecule has 7 heteroatoms. The zero-order chi connectivity index (χ0) is 20.1. The Bertz CT molecular complexity index is 1100. The molecule has 0 aliphatic carbocycles. The monoisotopic (exact) mass is 421 g/mol. The summed E-state index contributed by atoms with van der Waals surface area (Å²) in [6.45, 7) is 0. The van der Waals surface area contributed by atoms with E-state index >= 15 is 0 Å². The van der Waals surface area contributed by atoms with Crippen LogP contribution in [0.2, 0.25) is 0 Å². The van der Waals surface area contributed by atoms with Crippen molar-refractivity contribution in [3.63, 3.8) is 0 Å². The summed E-state index contributed by atoms with van der Waals surface area (Å²) in [5.41, 5.74) is 3.71. The van der Waals surface area contributed by atoms with Gasteiger partial charge in [0.15, 0.2) is 4.34 Å². The van der Waals surface area contributed by atoms with Crippen LogP contribution in [0.3, 0.4) is 0 Å². The molecule has 0 aliphatic rings. The maximum absolute atomic E-state index is 13.0. The summed E-state index contributed by atoms with van der Waals surface area (Å²) in [6.07, 6.45) is 0. The van der Waals surface area contributed by atoms with E-state index in [1.54, 1.807) is 24.3 Å². The largest absolute Gasteiger partial charge is 0.296 e. The Kier molecular flexibility index (Phi) is 5.97. The average molecular weight is 422 g/mol. The number of nitrogens with zero attached hydrogens (tertiary/aromatic N) is 2. The predicted molar refractivity (Wildman–Crippen MR) is 116 cm³/mol. The summed E-state index contributed by atoms with van der Waals surface area (Å²) in [7, 11) is 0. The third kappa shape index (κ3) is 5.07. The summed E-state index contributed by atoms with van der Waals surface area (Å²) in [5, 5.41) is 11.4. The van der Waals surface area contributed by atoms with Crippen LogP contribution in [-0.2, 0) is 5.75 Å². The molecular weight excluding hydrogens is 405 g/mol. The minimum atomic E-state index is -0.253. The van der Waals surface area contributed by atoms with Crippen LogP contribution >= 0.6 is 23.1 Å². The first-order chi connectivity index (χ1) is 14.2. The van der Waals surface area contributed by atoms with Gasteiger partial charge in [0, 0.05) is 11.3 Å². The molecule has 0 spiro atoms. The molecule has 0 bridgehead atoms. The molecule has 0 unspecified atom stereocenters. The van der Waals surface area contributed by atoms with E-state index in [0.29, 0.717) is 16.4 Å². The van der Waals surface area contributed by atoms with Crippen LogP contribution in [0.15, 0.2) is 83.2 Å². The second-order valence-corrected chi connectivity index (χ2v) is 8.39. The van der Waals surface area contributed by atoms with E-state index in [9.17, 15) is 9.18 Å². The van der Waals surface area contributed by atoms with Crippen molar-refractivity contribution in [3.8, 4) is 11.1 Å². The van der Waals surface area contributed by atoms with Crippen molar-refractivity contribution in [2.45, 2.75) is 10.1 Å². The molecule has 0 aliphatic heterocycles. The number of amides is 1. The highest BCUT2D eigenvalue weighted by Crippen LogP contribution is 2.28. The lowest BCUT2D eigenvalue weighted by atomic mass is 10.0. The second-order valence-electron chi connectivity index (χ2n) is 6.19. The summed E-state index contributed by atoms with van der Waals surface area (Å²) >= 11 is 2.81. The molecule has 0 fully saturated rings. The second kappa shape index (κ2) is 8.98. The Morgan fingerprint density at radius 3 is 2.31 bits per heavy atom. The summed E-state index contributed by atoms with van der Waals surface area (Å²) in [6, 6.07) is 23.8. The molecule has 4 nitrogen and oxygen atoms in total. The fraction of sp³-hybridized carbons (Fsp3) is 0.0455. The topological polar surface area (TPSA) is 54.9 Å². The van der Waals surface area contributed by atoms with Gasteiger partial charge in [-0.3, -0.25) is 10.1 Å². The van der Waals surface area contributed by atoms with Crippen molar-refractivity contribution in [2.24, 2.45) is 0 Å². The molecule has 0 saturated heterocycles. The number of halogens is 1. The Morgan fingerprint density at radius 1 is 0.897 bits per heavy atom. The van der Waals surface area contributed by atoms with Gasteiger partial charge in [-0.15, -0.1) is 10.2 Å². The molecule has 144 valence electrons. The standard InChI is InChI=1S/C22H16FN3OS2/c23-19-12-6-15(7-13-19)14-28-22-26-25-21(29-22)24-20(27)18-10-8-17(9-11-18)16-4-2-1-3-5-16/h1-13H,14H2,(H,24,25,27). The summed E-state index contributed by atoms with van der Waals surface area (Å²) < 4.78 is 13.7. The molecule has 4 rings (SSSR count). The van der Waals surface area contributed by atoms with Gasteiger partial charge in [0.25, 0.3) is 5.91 Å². The first-order valence-corrected chi connectivity index (χ1v) is 10.7. The first-order valence-electron chi connectivity index (χ1n) is 8.85. The summed E-state index contributed by atoms with van der Waals surface area (Å²) in [4.78, 5) is 12.5. The minimum absolute atomic E-state index is 0.226. The van der Waals surface area contributed by atoms with Gasteiger partial charge in [-0.25, -0.2) is 4.39 Å². The normalized spacial score (nSPS) is 10.7. The molecule has 1 heterocycles. The molecular formula is C22H16FN3OS2. The van der Waals surface area contributed by atoms with E-state index < -0.39 is 0 Å². The molecule has 1 amide bonds. The number of hydrogen-bond acceptors (Lipinski definition) is 5. The smallest absolute Gasteiger partial charge is 0.257 e. The van der Waals surface area contributed by atoms with Gasteiger partial charge in [0.05, 0.1) is 0 Å². The molecule has 3 aromatic carbocycles. The lowest BCUT2D eigenvalue weighted by Crippen LogP contribution is -2.11. The number of benzene rings is 3. The van der Waals surface area contributed by atoms with E-state index in [1.165, 1.54) is 35.2 Å². The number of anilines is 1. The number of carbonyl (C=O) groups is 1. The predicted octanol–water partition coefficient (Wildman–Crippen LogP) is 5.89. The highest BCUT2D eigenvalue weighted by molar-refractivity contribution is 8.00. The number of carbonyl (C=O) groups excluding carboxylic acids is 1. The van der Waals surface area contributed by atoms with E-state index in [4.69, 9.17) is 0 Å². The van der Waals surface area contributed by atoms with E-state index in [0.717, 1.165) is 21.0 Å². The van der Waals surface area contributed by atoms with Crippen LogP contribution in [0, 0.1) is 5.82 Å². The Morgan fingerprint density at radius 2 is 1.59 bits per heavy atom. The Labute approximate surface area is 175 Å². The van der Waals surface area contributed by atoms with Gasteiger partial charge in [-0.1, -0.05) is 77.7 Å². The zero-order valence-corrected chi connectivity index (χ0v) is 16.8. The third-order valence-corrected chi connectivity index (χ3v) is 6.20. The first kappa shape index (κ1) is 19.3. The molecule has 0 radical (unpaired) electrons. The van der Waals surface area contributed by atoms with Gasteiger partial charge >= 0.3 is 0 Å². The van der Waals surface area contributed by atoms with Crippen molar-refractivity contribution < 1.29 is 9.18 Å². The van der Waals surface area contributed by atoms with E-state index in [-0.39, 0.29) is 11.7 Å². The lowest BCUT2D eigenvalue weighted by Gasteiger charge is -2.04. The molecule has 0 atom stereocenters. The van der Waals surface area contributed by atoms with Gasteiger partial charge < -0.3 is 0 Å². The van der Waals surface area contributed by atoms with Crippen LogP contribution in [0.4, 0.5) is 9.52 Å². The van der Waals surface area contributed by atoms with Crippen molar-refractivity contribution >= 4 is 34.1 Å². The molecule has 29 heavy (non-hydrogen) atoms. The minimum Gasteiger partial charge on any atom is -0.296 e. The Hall–Kier alpha value is -3.03. The van der Waals surface area contributed by atoms with Gasteiger partial charge in [-0.2, -0.15) is 0 Å². The lowest BCUT2D eigenvalue weighted by molar-refractivity contribution is 0.102. The maximum atomic E-state index is 13.0. The van der Waals surface area contributed by atoms with Crippen molar-refractivity contribution in [3.05, 3.63) is 95.8 Å². The fourth-order valence-corrected chi connectivity index (χ4v) is 4.36. The highest BCUT2D eigenvalue weighted by atomic mass is 32.2. The van der Waals surface area contributed by atoms with Crippen molar-refractivity contribution in [1.29, 1.82) is 0 Å². The average Bonchev–Trinajstić information content (AvgIpc) is 3.21. The number of nitrogens with one attached hydrogen (secondary N) is 1. The van der Waals surface area contributed by atoms with Gasteiger partial charge in [0.1, 0.15) is 5.82 Å². The molecule has 1 N–H and O–H groups in total. The maximum Gasteiger partial charge on any atom is 0.257 e. The molecule has 1 aromatic heterocycles. The van der Waals surface area contributed by atoms with E-state index in [1.807, 2.05) is 42.5 Å². The summed E-state index contributed by atoms with van der Waals surface area (Å²) in [5.74, 6) is 0.177. The van der Waals surface area contributed by atoms with Gasteiger partial charge in [0.2, 0.25) is 5.13 Å². The van der Waals surface area contributed by atoms with Crippen LogP contribution < -0.4 is 5.32 Å². The third-order valence-electron chi connectivity index (χ3n) is 4.16.